The van der Waals surface area contributed by atoms with Crippen molar-refractivity contribution >= 4 is 5.91 Å². The summed E-state index contributed by atoms with van der Waals surface area (Å²) >= 11 is 0. The molecule has 0 saturated heterocycles. The van der Waals surface area contributed by atoms with Crippen LogP contribution in [0.4, 0.5) is 0 Å². The SMILES string of the molecule is COc1ccc(-c2n[nH]c(C)c2CC(=O)NCc2ccco2)cc1. The lowest BCUT2D eigenvalue weighted by atomic mass is 10.0. The van der Waals surface area contributed by atoms with Gasteiger partial charge in [-0.25, -0.2) is 0 Å². The molecule has 0 aliphatic rings. The highest BCUT2D eigenvalue weighted by Gasteiger charge is 2.16. The number of aromatic nitrogens is 2. The average Bonchev–Trinajstić information content (AvgIpc) is 3.24. The lowest BCUT2D eigenvalue weighted by molar-refractivity contribution is -0.120. The molecule has 2 heterocycles. The molecule has 0 aliphatic carbocycles. The fourth-order valence-corrected chi connectivity index (χ4v) is 2.48. The molecule has 0 unspecified atom stereocenters. The number of aryl methyl sites for hydroxylation is 1. The highest BCUT2D eigenvalue weighted by atomic mass is 16.5. The third-order valence-corrected chi connectivity index (χ3v) is 3.81. The fourth-order valence-electron chi connectivity index (χ4n) is 2.48. The molecule has 124 valence electrons. The molecule has 6 nitrogen and oxygen atoms in total. The Morgan fingerprint density at radius 2 is 2.08 bits per heavy atom. The van der Waals surface area contributed by atoms with E-state index in [-0.39, 0.29) is 12.3 Å². The van der Waals surface area contributed by atoms with Gasteiger partial charge in [0.05, 0.1) is 32.0 Å². The quantitative estimate of drug-likeness (QED) is 0.730. The van der Waals surface area contributed by atoms with Gasteiger partial charge in [0.2, 0.25) is 5.91 Å². The van der Waals surface area contributed by atoms with Gasteiger partial charge in [-0.15, -0.1) is 0 Å². The highest BCUT2D eigenvalue weighted by Crippen LogP contribution is 2.26. The van der Waals surface area contributed by atoms with E-state index >= 15 is 0 Å². The van der Waals surface area contributed by atoms with Crippen LogP contribution in [0.25, 0.3) is 11.3 Å². The van der Waals surface area contributed by atoms with Crippen molar-refractivity contribution < 1.29 is 13.9 Å². The predicted octanol–water partition coefficient (Wildman–Crippen LogP) is 2.85. The number of carbonyl (C=O) groups is 1. The second-order valence-corrected chi connectivity index (χ2v) is 5.44. The van der Waals surface area contributed by atoms with Crippen molar-refractivity contribution in [1.29, 1.82) is 0 Å². The van der Waals surface area contributed by atoms with E-state index in [1.165, 1.54) is 0 Å². The Hall–Kier alpha value is -3.02. The van der Waals surface area contributed by atoms with Crippen LogP contribution in [0.1, 0.15) is 17.0 Å². The molecule has 2 N–H and O–H groups in total. The second kappa shape index (κ2) is 7.04. The van der Waals surface area contributed by atoms with Crippen molar-refractivity contribution in [3.8, 4) is 17.0 Å². The number of benzene rings is 1. The van der Waals surface area contributed by atoms with Crippen LogP contribution < -0.4 is 10.1 Å². The highest BCUT2D eigenvalue weighted by molar-refractivity contribution is 5.81. The molecule has 0 fully saturated rings. The summed E-state index contributed by atoms with van der Waals surface area (Å²) in [6, 6.07) is 11.2. The van der Waals surface area contributed by atoms with Crippen LogP contribution in [0.5, 0.6) is 5.75 Å². The molecule has 0 bridgehead atoms. The summed E-state index contributed by atoms with van der Waals surface area (Å²) in [4.78, 5) is 12.2. The summed E-state index contributed by atoms with van der Waals surface area (Å²) < 4.78 is 10.4. The number of hydrogen-bond donors (Lipinski definition) is 2. The number of rotatable bonds is 6. The van der Waals surface area contributed by atoms with Crippen LogP contribution in [0, 0.1) is 6.92 Å². The number of methoxy groups -OCH3 is 1. The molecule has 3 rings (SSSR count). The molecule has 1 aromatic carbocycles. The van der Waals surface area contributed by atoms with E-state index in [1.54, 1.807) is 19.4 Å². The Kier molecular flexibility index (Phi) is 4.65. The van der Waals surface area contributed by atoms with E-state index in [4.69, 9.17) is 9.15 Å². The average molecular weight is 325 g/mol. The van der Waals surface area contributed by atoms with Gasteiger partial charge in [-0.2, -0.15) is 5.10 Å². The molecule has 2 aromatic heterocycles. The number of carbonyl (C=O) groups excluding carboxylic acids is 1. The third kappa shape index (κ3) is 3.48. The number of nitrogens with zero attached hydrogens (tertiary/aromatic N) is 1. The van der Waals surface area contributed by atoms with Gasteiger partial charge in [-0.1, -0.05) is 0 Å². The van der Waals surface area contributed by atoms with E-state index in [0.29, 0.717) is 6.54 Å². The molecule has 0 atom stereocenters. The zero-order valence-electron chi connectivity index (χ0n) is 13.6. The monoisotopic (exact) mass is 325 g/mol. The van der Waals surface area contributed by atoms with Gasteiger partial charge in [0, 0.05) is 16.8 Å². The van der Waals surface area contributed by atoms with Gasteiger partial charge >= 0.3 is 0 Å². The first-order valence-corrected chi connectivity index (χ1v) is 7.64. The first kappa shape index (κ1) is 15.9. The summed E-state index contributed by atoms with van der Waals surface area (Å²) in [5, 5.41) is 10.2. The van der Waals surface area contributed by atoms with Crippen molar-refractivity contribution in [3.05, 3.63) is 59.7 Å². The van der Waals surface area contributed by atoms with E-state index < -0.39 is 0 Å². The molecular formula is C18H19N3O3. The van der Waals surface area contributed by atoms with Gasteiger partial charge in [0.25, 0.3) is 0 Å². The van der Waals surface area contributed by atoms with Gasteiger partial charge in [0.15, 0.2) is 0 Å². The smallest absolute Gasteiger partial charge is 0.224 e. The maximum absolute atomic E-state index is 12.2. The van der Waals surface area contributed by atoms with E-state index in [9.17, 15) is 4.79 Å². The van der Waals surface area contributed by atoms with Gasteiger partial charge in [0.1, 0.15) is 11.5 Å². The minimum Gasteiger partial charge on any atom is -0.497 e. The van der Waals surface area contributed by atoms with Crippen LogP contribution in [0.2, 0.25) is 0 Å². The summed E-state index contributed by atoms with van der Waals surface area (Å²) in [6.45, 7) is 2.29. The normalized spacial score (nSPS) is 10.6. The molecule has 0 saturated carbocycles. The van der Waals surface area contributed by atoms with E-state index in [2.05, 4.69) is 15.5 Å². The maximum atomic E-state index is 12.2. The zero-order chi connectivity index (χ0) is 16.9. The lowest BCUT2D eigenvalue weighted by Crippen LogP contribution is -2.24. The summed E-state index contributed by atoms with van der Waals surface area (Å²) in [7, 11) is 1.63. The minimum absolute atomic E-state index is 0.0781. The van der Waals surface area contributed by atoms with Gasteiger partial charge < -0.3 is 14.5 Å². The number of aromatic amines is 1. The molecule has 6 heteroatoms. The Labute approximate surface area is 139 Å². The number of hydrogen-bond acceptors (Lipinski definition) is 4. The summed E-state index contributed by atoms with van der Waals surface area (Å²) in [5.41, 5.74) is 3.49. The molecule has 0 radical (unpaired) electrons. The number of furan rings is 1. The van der Waals surface area contributed by atoms with Crippen LogP contribution in [-0.4, -0.2) is 23.2 Å². The molecule has 1 amide bonds. The minimum atomic E-state index is -0.0781. The number of ether oxygens (including phenoxy) is 1. The summed E-state index contributed by atoms with van der Waals surface area (Å²) in [6.07, 6.45) is 1.84. The molecule has 0 aliphatic heterocycles. The Morgan fingerprint density at radius 1 is 1.29 bits per heavy atom. The Bertz CT molecular complexity index is 805. The van der Waals surface area contributed by atoms with Crippen molar-refractivity contribution in [3.63, 3.8) is 0 Å². The van der Waals surface area contributed by atoms with Crippen molar-refractivity contribution in [2.24, 2.45) is 0 Å². The van der Waals surface area contributed by atoms with Crippen LogP contribution >= 0.6 is 0 Å². The first-order valence-electron chi connectivity index (χ1n) is 7.64. The van der Waals surface area contributed by atoms with Crippen LogP contribution in [-0.2, 0) is 17.8 Å². The van der Waals surface area contributed by atoms with Gasteiger partial charge in [-0.05, 0) is 43.3 Å². The van der Waals surface area contributed by atoms with E-state index in [0.717, 1.165) is 34.0 Å². The fraction of sp³-hybridized carbons (Fsp3) is 0.222. The zero-order valence-corrected chi connectivity index (χ0v) is 13.6. The van der Waals surface area contributed by atoms with Gasteiger partial charge in [-0.3, -0.25) is 9.89 Å². The first-order chi connectivity index (χ1) is 11.7. The second-order valence-electron chi connectivity index (χ2n) is 5.44. The molecule has 3 aromatic rings. The number of nitrogens with one attached hydrogen (secondary N) is 2. The van der Waals surface area contributed by atoms with E-state index in [1.807, 2.05) is 37.3 Å². The predicted molar refractivity (Wildman–Crippen MR) is 89.6 cm³/mol. The topological polar surface area (TPSA) is 80.1 Å². The lowest BCUT2D eigenvalue weighted by Gasteiger charge is -2.06. The Morgan fingerprint density at radius 3 is 2.75 bits per heavy atom. The van der Waals surface area contributed by atoms with Crippen molar-refractivity contribution in [2.45, 2.75) is 19.9 Å². The van der Waals surface area contributed by atoms with Crippen LogP contribution in [0.15, 0.2) is 47.1 Å². The third-order valence-electron chi connectivity index (χ3n) is 3.81. The largest absolute Gasteiger partial charge is 0.497 e. The maximum Gasteiger partial charge on any atom is 0.224 e. The number of H-pyrrole nitrogens is 1. The van der Waals surface area contributed by atoms with Crippen LogP contribution in [0.3, 0.4) is 0 Å². The molecular weight excluding hydrogens is 306 g/mol. The molecule has 24 heavy (non-hydrogen) atoms. The summed E-state index contributed by atoms with van der Waals surface area (Å²) in [5.74, 6) is 1.43. The standard InChI is InChI=1S/C18H19N3O3/c1-12-16(10-17(22)19-11-15-4-3-9-24-15)18(21-20-12)13-5-7-14(23-2)8-6-13/h3-9H,10-11H2,1-2H3,(H,19,22)(H,20,21). The van der Waals surface area contributed by atoms with Crippen molar-refractivity contribution in [1.82, 2.24) is 15.5 Å². The Balaban J connectivity index is 1.73. The number of amides is 1. The molecule has 0 spiro atoms. The van der Waals surface area contributed by atoms with Crippen molar-refractivity contribution in [2.75, 3.05) is 7.11 Å².